The average Bonchev–Trinajstić information content (AvgIpc) is 3.41. The fraction of sp³-hybridized carbons (Fsp3) is 0.409. The van der Waals surface area contributed by atoms with E-state index >= 15 is 0 Å². The molecule has 0 saturated heterocycles. The minimum Gasteiger partial charge on any atom is -0.366 e. The first-order chi connectivity index (χ1) is 11.6. The maximum Gasteiger partial charge on any atom is 0.0909 e. The van der Waals surface area contributed by atoms with E-state index in [4.69, 9.17) is 4.99 Å². The van der Waals surface area contributed by atoms with Crippen LogP contribution in [0.4, 0.5) is 5.69 Å². The van der Waals surface area contributed by atoms with E-state index in [9.17, 15) is 0 Å². The fourth-order valence-electron chi connectivity index (χ4n) is 2.95. The van der Waals surface area contributed by atoms with Crippen molar-refractivity contribution in [2.75, 3.05) is 13.6 Å². The summed E-state index contributed by atoms with van der Waals surface area (Å²) in [5, 5.41) is 0. The van der Waals surface area contributed by atoms with Gasteiger partial charge >= 0.3 is 0 Å². The lowest BCUT2D eigenvalue weighted by Crippen LogP contribution is -2.14. The van der Waals surface area contributed by atoms with E-state index < -0.39 is 0 Å². The van der Waals surface area contributed by atoms with Crippen LogP contribution >= 0.6 is 0 Å². The van der Waals surface area contributed by atoms with Crippen LogP contribution in [0.5, 0.6) is 0 Å². The number of rotatable bonds is 6. The maximum absolute atomic E-state index is 4.76. The third-order valence-corrected chi connectivity index (χ3v) is 4.91. The molecule has 0 atom stereocenters. The lowest BCUT2D eigenvalue weighted by atomic mass is 9.95. The topological polar surface area (TPSA) is 15.6 Å². The summed E-state index contributed by atoms with van der Waals surface area (Å²) in [5.74, 6) is 0.710. The van der Waals surface area contributed by atoms with Crippen molar-refractivity contribution in [2.45, 2.75) is 46.0 Å². The van der Waals surface area contributed by atoms with Crippen molar-refractivity contribution in [1.82, 2.24) is 4.90 Å². The van der Waals surface area contributed by atoms with E-state index in [1.54, 1.807) is 0 Å². The highest BCUT2D eigenvalue weighted by molar-refractivity contribution is 5.65. The molecule has 2 aromatic rings. The molecule has 0 aromatic heterocycles. The number of aryl methyl sites for hydroxylation is 2. The molecule has 1 fully saturated rings. The van der Waals surface area contributed by atoms with Gasteiger partial charge in [0.2, 0.25) is 0 Å². The Kier molecular flexibility index (Phi) is 5.03. The standard InChI is InChI=1S/C22H28N2/c1-5-24(4)15-23-22-12-17(3)20(14-21(22)19-10-11-19)13-18-8-6-16(2)7-9-18/h6-9,12,14-15,19H,5,10-11,13H2,1-4H3. The van der Waals surface area contributed by atoms with Gasteiger partial charge in [0.15, 0.2) is 0 Å². The Morgan fingerprint density at radius 1 is 1.12 bits per heavy atom. The highest BCUT2D eigenvalue weighted by Crippen LogP contribution is 2.45. The van der Waals surface area contributed by atoms with Crippen LogP contribution in [0.3, 0.4) is 0 Å². The number of aliphatic imine (C=N–C) groups is 1. The smallest absolute Gasteiger partial charge is 0.0909 e. The molecule has 2 nitrogen and oxygen atoms in total. The zero-order chi connectivity index (χ0) is 17.1. The zero-order valence-corrected chi connectivity index (χ0v) is 15.3. The molecule has 0 bridgehead atoms. The summed E-state index contributed by atoms with van der Waals surface area (Å²) < 4.78 is 0. The van der Waals surface area contributed by atoms with Crippen LogP contribution in [0.1, 0.15) is 53.5 Å². The minimum absolute atomic E-state index is 0.710. The summed E-state index contributed by atoms with van der Waals surface area (Å²) in [6, 6.07) is 13.6. The van der Waals surface area contributed by atoms with Gasteiger partial charge in [-0.15, -0.1) is 0 Å². The predicted octanol–water partition coefficient (Wildman–Crippen LogP) is 5.38. The Labute approximate surface area is 146 Å². The van der Waals surface area contributed by atoms with Gasteiger partial charge in [0.1, 0.15) is 0 Å². The summed E-state index contributed by atoms with van der Waals surface area (Å²) >= 11 is 0. The Morgan fingerprint density at radius 2 is 1.83 bits per heavy atom. The van der Waals surface area contributed by atoms with E-state index in [2.05, 4.69) is 69.1 Å². The van der Waals surface area contributed by atoms with Crippen molar-refractivity contribution >= 4 is 12.0 Å². The van der Waals surface area contributed by atoms with Crippen LogP contribution in [-0.4, -0.2) is 24.8 Å². The largest absolute Gasteiger partial charge is 0.366 e. The van der Waals surface area contributed by atoms with Crippen LogP contribution in [0.15, 0.2) is 41.4 Å². The molecule has 0 heterocycles. The van der Waals surface area contributed by atoms with Crippen molar-refractivity contribution < 1.29 is 0 Å². The van der Waals surface area contributed by atoms with Crippen LogP contribution in [0.25, 0.3) is 0 Å². The van der Waals surface area contributed by atoms with Crippen molar-refractivity contribution in [3.8, 4) is 0 Å². The van der Waals surface area contributed by atoms with Gasteiger partial charge < -0.3 is 4.90 Å². The molecule has 24 heavy (non-hydrogen) atoms. The first-order valence-corrected chi connectivity index (χ1v) is 9.00. The molecule has 0 aliphatic heterocycles. The maximum atomic E-state index is 4.76. The van der Waals surface area contributed by atoms with E-state index in [1.165, 1.54) is 40.7 Å². The van der Waals surface area contributed by atoms with E-state index in [1.807, 2.05) is 6.34 Å². The average molecular weight is 320 g/mol. The number of benzene rings is 2. The molecular formula is C22H28N2. The fourth-order valence-corrected chi connectivity index (χ4v) is 2.95. The monoisotopic (exact) mass is 320 g/mol. The lowest BCUT2D eigenvalue weighted by molar-refractivity contribution is 0.552. The number of nitrogens with zero attached hydrogens (tertiary/aromatic N) is 2. The van der Waals surface area contributed by atoms with Gasteiger partial charge in [0, 0.05) is 13.6 Å². The van der Waals surface area contributed by atoms with Crippen molar-refractivity contribution in [3.05, 3.63) is 64.2 Å². The van der Waals surface area contributed by atoms with Gasteiger partial charge in [-0.05, 0) is 74.3 Å². The summed E-state index contributed by atoms with van der Waals surface area (Å²) in [6.07, 6.45) is 5.57. The third kappa shape index (κ3) is 4.05. The SMILES string of the molecule is CCN(C)C=Nc1cc(C)c(Cc2ccc(C)cc2)cc1C1CC1. The van der Waals surface area contributed by atoms with Crippen LogP contribution < -0.4 is 0 Å². The molecule has 0 N–H and O–H groups in total. The molecule has 2 heteroatoms. The molecule has 0 amide bonds. The first kappa shape index (κ1) is 16.8. The third-order valence-electron chi connectivity index (χ3n) is 4.91. The summed E-state index contributed by atoms with van der Waals surface area (Å²) in [5.41, 5.74) is 8.06. The molecule has 1 aliphatic rings. The lowest BCUT2D eigenvalue weighted by Gasteiger charge is -2.14. The number of hydrogen-bond donors (Lipinski definition) is 0. The van der Waals surface area contributed by atoms with Crippen molar-refractivity contribution in [1.29, 1.82) is 0 Å². The molecule has 3 rings (SSSR count). The Morgan fingerprint density at radius 3 is 2.46 bits per heavy atom. The highest BCUT2D eigenvalue weighted by Gasteiger charge is 2.26. The van der Waals surface area contributed by atoms with E-state index in [0.717, 1.165) is 18.7 Å². The van der Waals surface area contributed by atoms with Crippen LogP contribution in [0.2, 0.25) is 0 Å². The minimum atomic E-state index is 0.710. The molecule has 0 unspecified atom stereocenters. The van der Waals surface area contributed by atoms with Crippen LogP contribution in [0, 0.1) is 13.8 Å². The second-order valence-electron chi connectivity index (χ2n) is 7.09. The van der Waals surface area contributed by atoms with Crippen molar-refractivity contribution in [2.24, 2.45) is 4.99 Å². The highest BCUT2D eigenvalue weighted by atomic mass is 15.1. The van der Waals surface area contributed by atoms with Gasteiger partial charge in [0.25, 0.3) is 0 Å². The Hall–Kier alpha value is -2.09. The quantitative estimate of drug-likeness (QED) is 0.515. The molecule has 1 saturated carbocycles. The van der Waals surface area contributed by atoms with Gasteiger partial charge in [-0.1, -0.05) is 35.9 Å². The van der Waals surface area contributed by atoms with Gasteiger partial charge in [-0.3, -0.25) is 0 Å². The number of hydrogen-bond acceptors (Lipinski definition) is 1. The molecular weight excluding hydrogens is 292 g/mol. The van der Waals surface area contributed by atoms with Gasteiger partial charge in [-0.25, -0.2) is 4.99 Å². The first-order valence-electron chi connectivity index (χ1n) is 9.00. The van der Waals surface area contributed by atoms with Gasteiger partial charge in [-0.2, -0.15) is 0 Å². The second-order valence-corrected chi connectivity index (χ2v) is 7.09. The van der Waals surface area contributed by atoms with E-state index in [0.29, 0.717) is 5.92 Å². The Balaban J connectivity index is 1.89. The summed E-state index contributed by atoms with van der Waals surface area (Å²) in [4.78, 5) is 6.88. The zero-order valence-electron chi connectivity index (χ0n) is 15.3. The van der Waals surface area contributed by atoms with Crippen molar-refractivity contribution in [3.63, 3.8) is 0 Å². The summed E-state index contributed by atoms with van der Waals surface area (Å²) in [6.45, 7) is 7.47. The normalized spacial score (nSPS) is 14.3. The molecule has 0 radical (unpaired) electrons. The predicted molar refractivity (Wildman–Crippen MR) is 104 cm³/mol. The molecule has 126 valence electrons. The molecule has 2 aromatic carbocycles. The summed E-state index contributed by atoms with van der Waals surface area (Å²) in [7, 11) is 2.07. The van der Waals surface area contributed by atoms with E-state index in [-0.39, 0.29) is 0 Å². The molecule has 1 aliphatic carbocycles. The van der Waals surface area contributed by atoms with Gasteiger partial charge in [0.05, 0.1) is 12.0 Å². The molecule has 0 spiro atoms. The second kappa shape index (κ2) is 7.21. The Bertz CT molecular complexity index is 724. The van der Waals surface area contributed by atoms with Crippen LogP contribution in [-0.2, 0) is 6.42 Å².